The van der Waals surface area contributed by atoms with Crippen molar-refractivity contribution in [1.29, 1.82) is 0 Å². The molecule has 0 saturated heterocycles. The average Bonchev–Trinajstić information content (AvgIpc) is 3.07. The lowest BCUT2D eigenvalue weighted by molar-refractivity contribution is 0.628. The number of halogens is 2. The van der Waals surface area contributed by atoms with Gasteiger partial charge in [0.2, 0.25) is 0 Å². The minimum absolute atomic E-state index is 0.137. The summed E-state index contributed by atoms with van der Waals surface area (Å²) in [7, 11) is 0. The predicted molar refractivity (Wildman–Crippen MR) is 83.0 cm³/mol. The van der Waals surface area contributed by atoms with Gasteiger partial charge in [-0.1, -0.05) is 11.6 Å². The summed E-state index contributed by atoms with van der Waals surface area (Å²) in [5, 5.41) is 3.51. The fourth-order valence-corrected chi connectivity index (χ4v) is 4.11. The quantitative estimate of drug-likeness (QED) is 0.815. The fraction of sp³-hybridized carbons (Fsp3) is 0.353. The van der Waals surface area contributed by atoms with Crippen LogP contribution in [0.15, 0.2) is 24.4 Å². The monoisotopic (exact) mass is 302 g/mol. The molecule has 0 amide bonds. The van der Waals surface area contributed by atoms with Crippen molar-refractivity contribution < 1.29 is 4.39 Å². The first-order valence-corrected chi connectivity index (χ1v) is 7.72. The molecule has 4 heteroatoms. The van der Waals surface area contributed by atoms with Gasteiger partial charge in [-0.25, -0.2) is 4.39 Å². The van der Waals surface area contributed by atoms with Crippen molar-refractivity contribution in [2.75, 3.05) is 5.32 Å². The molecule has 0 radical (unpaired) electrons. The van der Waals surface area contributed by atoms with Crippen molar-refractivity contribution in [3.8, 4) is 0 Å². The molecule has 2 aromatic rings. The van der Waals surface area contributed by atoms with Crippen LogP contribution >= 0.6 is 11.6 Å². The smallest absolute Gasteiger partial charge is 0.141 e. The standard InChI is InChI=1S/C17H16ClFN2/c1-9-16-10-2-3-11(6-10)17(16)15(8-20-9)21-12-4-5-14(19)13(18)7-12/h4-5,7-8,10-11,21H,2-3,6H2,1H3. The highest BCUT2D eigenvalue weighted by atomic mass is 35.5. The SMILES string of the molecule is Cc1ncc(Nc2ccc(F)c(Cl)c2)c2c1C1CCC2C1. The molecule has 2 aliphatic carbocycles. The third kappa shape index (κ3) is 2.03. The molecule has 1 aromatic carbocycles. The Hall–Kier alpha value is -1.61. The van der Waals surface area contributed by atoms with E-state index in [2.05, 4.69) is 17.2 Å². The Labute approximate surface area is 128 Å². The number of aryl methyl sites for hydroxylation is 1. The van der Waals surface area contributed by atoms with E-state index in [0.717, 1.165) is 17.1 Å². The van der Waals surface area contributed by atoms with Crippen LogP contribution in [0.3, 0.4) is 0 Å². The van der Waals surface area contributed by atoms with E-state index in [0.29, 0.717) is 11.8 Å². The van der Waals surface area contributed by atoms with Crippen molar-refractivity contribution in [1.82, 2.24) is 4.98 Å². The van der Waals surface area contributed by atoms with Gasteiger partial charge in [0, 0.05) is 11.4 Å². The largest absolute Gasteiger partial charge is 0.354 e. The third-order valence-electron chi connectivity index (χ3n) is 4.81. The number of benzene rings is 1. The highest BCUT2D eigenvalue weighted by molar-refractivity contribution is 6.31. The summed E-state index contributed by atoms with van der Waals surface area (Å²) < 4.78 is 13.3. The summed E-state index contributed by atoms with van der Waals surface area (Å²) in [5.74, 6) is 0.926. The lowest BCUT2D eigenvalue weighted by Crippen LogP contribution is -2.06. The highest BCUT2D eigenvalue weighted by Crippen LogP contribution is 2.56. The summed E-state index contributed by atoms with van der Waals surface area (Å²) in [6.45, 7) is 2.10. The van der Waals surface area contributed by atoms with Gasteiger partial charge in [0.25, 0.3) is 0 Å². The van der Waals surface area contributed by atoms with Crippen molar-refractivity contribution in [2.45, 2.75) is 38.0 Å². The van der Waals surface area contributed by atoms with E-state index >= 15 is 0 Å². The van der Waals surface area contributed by atoms with Crippen LogP contribution in [-0.4, -0.2) is 4.98 Å². The van der Waals surface area contributed by atoms with Crippen molar-refractivity contribution in [3.63, 3.8) is 0 Å². The van der Waals surface area contributed by atoms with E-state index in [1.807, 2.05) is 6.20 Å². The molecule has 1 fully saturated rings. The Balaban J connectivity index is 1.75. The topological polar surface area (TPSA) is 24.9 Å². The molecule has 2 atom stereocenters. The lowest BCUT2D eigenvalue weighted by Gasteiger charge is -2.21. The van der Waals surface area contributed by atoms with Crippen LogP contribution in [0.1, 0.15) is 47.9 Å². The number of pyridine rings is 1. The molecule has 4 rings (SSSR count). The number of nitrogens with zero attached hydrogens (tertiary/aromatic N) is 1. The van der Waals surface area contributed by atoms with E-state index in [4.69, 9.17) is 11.6 Å². The number of aromatic nitrogens is 1. The molecule has 0 aliphatic heterocycles. The van der Waals surface area contributed by atoms with Gasteiger partial charge in [-0.05, 0) is 67.3 Å². The number of fused-ring (bicyclic) bond motifs is 5. The van der Waals surface area contributed by atoms with Crippen LogP contribution in [0.5, 0.6) is 0 Å². The molecule has 1 N–H and O–H groups in total. The predicted octanol–water partition coefficient (Wildman–Crippen LogP) is 5.29. The molecule has 1 heterocycles. The van der Waals surface area contributed by atoms with Gasteiger partial charge in [0.15, 0.2) is 0 Å². The van der Waals surface area contributed by atoms with Crippen LogP contribution in [0.4, 0.5) is 15.8 Å². The van der Waals surface area contributed by atoms with Crippen molar-refractivity contribution in [3.05, 3.63) is 52.1 Å². The van der Waals surface area contributed by atoms with Gasteiger partial charge < -0.3 is 5.32 Å². The van der Waals surface area contributed by atoms with Gasteiger partial charge >= 0.3 is 0 Å². The van der Waals surface area contributed by atoms with Crippen LogP contribution in [0, 0.1) is 12.7 Å². The molecule has 21 heavy (non-hydrogen) atoms. The van der Waals surface area contributed by atoms with E-state index in [9.17, 15) is 4.39 Å². The molecule has 2 unspecified atom stereocenters. The molecule has 2 aliphatic rings. The van der Waals surface area contributed by atoms with Crippen LogP contribution in [0.2, 0.25) is 5.02 Å². The lowest BCUT2D eigenvalue weighted by atomic mass is 9.90. The first kappa shape index (κ1) is 13.1. The minimum Gasteiger partial charge on any atom is -0.354 e. The molecular weight excluding hydrogens is 287 g/mol. The molecule has 1 saturated carbocycles. The first-order valence-electron chi connectivity index (χ1n) is 7.35. The van der Waals surface area contributed by atoms with Gasteiger partial charge in [-0.3, -0.25) is 4.98 Å². The Morgan fingerprint density at radius 2 is 2.00 bits per heavy atom. The maximum Gasteiger partial charge on any atom is 0.141 e. The second kappa shape index (κ2) is 4.70. The van der Waals surface area contributed by atoms with Gasteiger partial charge in [0.05, 0.1) is 16.9 Å². The second-order valence-corrected chi connectivity index (χ2v) is 6.45. The van der Waals surface area contributed by atoms with E-state index in [-0.39, 0.29) is 5.02 Å². The van der Waals surface area contributed by atoms with Crippen molar-refractivity contribution in [2.24, 2.45) is 0 Å². The molecule has 2 nitrogen and oxygen atoms in total. The molecule has 0 spiro atoms. The van der Waals surface area contributed by atoms with Crippen LogP contribution in [-0.2, 0) is 0 Å². The summed E-state index contributed by atoms with van der Waals surface area (Å²) >= 11 is 5.85. The zero-order valence-corrected chi connectivity index (χ0v) is 12.5. The maximum atomic E-state index is 13.3. The maximum absolute atomic E-state index is 13.3. The van der Waals surface area contributed by atoms with E-state index in [1.54, 1.807) is 12.1 Å². The molecule has 1 aromatic heterocycles. The minimum atomic E-state index is -0.395. The Morgan fingerprint density at radius 1 is 1.24 bits per heavy atom. The van der Waals surface area contributed by atoms with E-state index in [1.165, 1.54) is 36.5 Å². The summed E-state index contributed by atoms with van der Waals surface area (Å²) in [6, 6.07) is 4.72. The number of nitrogens with one attached hydrogen (secondary N) is 1. The Morgan fingerprint density at radius 3 is 2.76 bits per heavy atom. The van der Waals surface area contributed by atoms with Crippen molar-refractivity contribution >= 4 is 23.0 Å². The van der Waals surface area contributed by atoms with Gasteiger partial charge in [-0.15, -0.1) is 0 Å². The van der Waals surface area contributed by atoms with Gasteiger partial charge in [-0.2, -0.15) is 0 Å². The number of hydrogen-bond acceptors (Lipinski definition) is 2. The summed E-state index contributed by atoms with van der Waals surface area (Å²) in [6.07, 6.45) is 5.69. The number of rotatable bonds is 2. The number of anilines is 2. The molecule has 108 valence electrons. The normalized spacial score (nSPS) is 22.4. The summed E-state index contributed by atoms with van der Waals surface area (Å²) in [5.41, 5.74) is 5.85. The zero-order chi connectivity index (χ0) is 14.6. The number of hydrogen-bond donors (Lipinski definition) is 1. The van der Waals surface area contributed by atoms with Crippen LogP contribution in [0.25, 0.3) is 0 Å². The van der Waals surface area contributed by atoms with Crippen LogP contribution < -0.4 is 5.32 Å². The first-order chi connectivity index (χ1) is 10.1. The van der Waals surface area contributed by atoms with E-state index < -0.39 is 5.82 Å². The molecular formula is C17H16ClFN2. The highest BCUT2D eigenvalue weighted by Gasteiger charge is 2.39. The fourth-order valence-electron chi connectivity index (χ4n) is 3.93. The third-order valence-corrected chi connectivity index (χ3v) is 5.09. The Bertz CT molecular complexity index is 729. The zero-order valence-electron chi connectivity index (χ0n) is 11.8. The second-order valence-electron chi connectivity index (χ2n) is 6.05. The average molecular weight is 303 g/mol. The summed E-state index contributed by atoms with van der Waals surface area (Å²) in [4.78, 5) is 4.54. The van der Waals surface area contributed by atoms with Gasteiger partial charge in [0.1, 0.15) is 5.82 Å². The molecule has 2 bridgehead atoms. The Kier molecular flexibility index (Phi) is 2.93.